The molecule has 1 heteroatoms. The van der Waals surface area contributed by atoms with E-state index in [1.54, 1.807) is 0 Å². The first-order chi connectivity index (χ1) is 20.6. The highest BCUT2D eigenvalue weighted by Crippen LogP contribution is 2.25. The van der Waals surface area contributed by atoms with Crippen molar-refractivity contribution < 1.29 is 4.79 Å². The fraction of sp³-hybridized carbons (Fsp3) is 0.976. The van der Waals surface area contributed by atoms with Gasteiger partial charge in [-0.1, -0.05) is 220 Å². The zero-order chi connectivity index (χ0) is 30.8. The number of hydrogen-bond acceptors (Lipinski definition) is 1. The van der Waals surface area contributed by atoms with Gasteiger partial charge in [0.2, 0.25) is 0 Å². The molecule has 42 heavy (non-hydrogen) atoms. The molecule has 0 aliphatic carbocycles. The number of carbonyl (C=O) groups is 1. The second kappa shape index (κ2) is 35.2. The molecule has 0 aliphatic rings. The average molecular weight is 591 g/mol. The molecule has 0 aliphatic heterocycles. The predicted molar refractivity (Wildman–Crippen MR) is 192 cm³/mol. The van der Waals surface area contributed by atoms with E-state index in [9.17, 15) is 4.79 Å². The molecule has 0 bridgehead atoms. The number of ketones is 1. The summed E-state index contributed by atoms with van der Waals surface area (Å²) in [5.41, 5.74) is 0. The third kappa shape index (κ3) is 34.2. The highest BCUT2D eigenvalue weighted by Gasteiger charge is 2.09. The van der Waals surface area contributed by atoms with Gasteiger partial charge in [-0.05, 0) is 24.7 Å². The summed E-state index contributed by atoms with van der Waals surface area (Å²) in [4.78, 5) is 12.3. The fourth-order valence-electron chi connectivity index (χ4n) is 6.74. The second-order valence-electron chi connectivity index (χ2n) is 14.6. The van der Waals surface area contributed by atoms with Crippen LogP contribution in [0.15, 0.2) is 0 Å². The van der Waals surface area contributed by atoms with Gasteiger partial charge in [-0.15, -0.1) is 0 Å². The van der Waals surface area contributed by atoms with Crippen molar-refractivity contribution in [3.63, 3.8) is 0 Å². The molecule has 0 fully saturated rings. The van der Waals surface area contributed by atoms with Crippen molar-refractivity contribution in [2.24, 2.45) is 11.8 Å². The topological polar surface area (TPSA) is 17.1 Å². The molecule has 0 N–H and O–H groups in total. The van der Waals surface area contributed by atoms with E-state index in [1.807, 2.05) is 0 Å². The average Bonchev–Trinajstić information content (AvgIpc) is 2.97. The van der Waals surface area contributed by atoms with Crippen LogP contribution in [0.2, 0.25) is 0 Å². The van der Waals surface area contributed by atoms with Crippen LogP contribution in [0, 0.1) is 11.8 Å². The van der Waals surface area contributed by atoms with E-state index in [2.05, 4.69) is 27.7 Å². The van der Waals surface area contributed by atoms with E-state index in [0.717, 1.165) is 37.5 Å². The van der Waals surface area contributed by atoms with Crippen molar-refractivity contribution in [2.45, 2.75) is 246 Å². The van der Waals surface area contributed by atoms with Crippen LogP contribution in [0.5, 0.6) is 0 Å². The van der Waals surface area contributed by atoms with Gasteiger partial charge in [-0.25, -0.2) is 0 Å². The molecular formula is C41H82O. The molecule has 0 heterocycles. The van der Waals surface area contributed by atoms with E-state index in [-0.39, 0.29) is 0 Å². The Balaban J connectivity index is 3.54. The van der Waals surface area contributed by atoms with E-state index < -0.39 is 0 Å². The van der Waals surface area contributed by atoms with Gasteiger partial charge in [0.1, 0.15) is 5.78 Å². The van der Waals surface area contributed by atoms with Crippen LogP contribution in [0.4, 0.5) is 0 Å². The first-order valence-corrected chi connectivity index (χ1v) is 20.1. The predicted octanol–water partition coefficient (Wildman–Crippen LogP) is 15.1. The first-order valence-electron chi connectivity index (χ1n) is 20.1. The number of rotatable bonds is 36. The molecule has 0 unspecified atom stereocenters. The van der Waals surface area contributed by atoms with E-state index >= 15 is 0 Å². The van der Waals surface area contributed by atoms with Crippen LogP contribution in [-0.4, -0.2) is 5.78 Å². The molecule has 0 aromatic rings. The van der Waals surface area contributed by atoms with Crippen molar-refractivity contribution in [1.82, 2.24) is 0 Å². The summed E-state index contributed by atoms with van der Waals surface area (Å²) in [7, 11) is 0. The van der Waals surface area contributed by atoms with E-state index in [4.69, 9.17) is 0 Å². The van der Waals surface area contributed by atoms with Gasteiger partial charge >= 0.3 is 0 Å². The zero-order valence-electron chi connectivity index (χ0n) is 30.1. The minimum absolute atomic E-state index is 0.532. The van der Waals surface area contributed by atoms with Crippen LogP contribution in [-0.2, 0) is 4.79 Å². The third-order valence-corrected chi connectivity index (χ3v) is 9.74. The summed E-state index contributed by atoms with van der Waals surface area (Å²) in [6.45, 7) is 9.31. The van der Waals surface area contributed by atoms with Crippen molar-refractivity contribution in [3.05, 3.63) is 0 Å². The molecule has 0 atom stereocenters. The summed E-state index contributed by atoms with van der Waals surface area (Å²) in [5.74, 6) is 2.40. The summed E-state index contributed by atoms with van der Waals surface area (Å²) < 4.78 is 0. The summed E-state index contributed by atoms with van der Waals surface area (Å²) >= 11 is 0. The summed E-state index contributed by atoms with van der Waals surface area (Å²) in [6, 6.07) is 0. The highest BCUT2D eigenvalue weighted by molar-refractivity contribution is 5.78. The summed E-state index contributed by atoms with van der Waals surface area (Å²) in [6.07, 6.45) is 46.3. The van der Waals surface area contributed by atoms with Crippen LogP contribution in [0.1, 0.15) is 246 Å². The lowest BCUT2D eigenvalue weighted by molar-refractivity contribution is -0.119. The Morgan fingerprint density at radius 1 is 0.357 bits per heavy atom. The van der Waals surface area contributed by atoms with Crippen molar-refractivity contribution in [2.75, 3.05) is 0 Å². The quantitative estimate of drug-likeness (QED) is 0.0663. The van der Waals surface area contributed by atoms with Crippen LogP contribution >= 0.6 is 0 Å². The van der Waals surface area contributed by atoms with Crippen molar-refractivity contribution in [3.8, 4) is 0 Å². The van der Waals surface area contributed by atoms with Crippen molar-refractivity contribution >= 4 is 5.78 Å². The van der Waals surface area contributed by atoms with Gasteiger partial charge in [-0.2, -0.15) is 0 Å². The SMILES string of the molecule is CCCCCCCC(CCCCCCC)CCCCCCCCC(=O)CCCCCCCCCCCCCCC(C)C. The molecule has 252 valence electrons. The minimum Gasteiger partial charge on any atom is -0.300 e. The van der Waals surface area contributed by atoms with Gasteiger partial charge in [0.25, 0.3) is 0 Å². The highest BCUT2D eigenvalue weighted by atomic mass is 16.1. The Morgan fingerprint density at radius 3 is 0.929 bits per heavy atom. The molecule has 0 spiro atoms. The molecule has 1 nitrogen and oxygen atoms in total. The normalized spacial score (nSPS) is 11.8. The lowest BCUT2D eigenvalue weighted by atomic mass is 9.89. The molecule has 0 saturated carbocycles. The van der Waals surface area contributed by atoms with Crippen LogP contribution in [0.25, 0.3) is 0 Å². The number of Topliss-reactive ketones (excluding diaryl/α,β-unsaturated/α-hetero) is 1. The number of hydrogen-bond donors (Lipinski definition) is 0. The second-order valence-corrected chi connectivity index (χ2v) is 14.6. The number of unbranched alkanes of at least 4 members (excludes halogenated alkanes) is 24. The Kier molecular flexibility index (Phi) is 34.9. The van der Waals surface area contributed by atoms with Crippen molar-refractivity contribution in [1.29, 1.82) is 0 Å². The number of carbonyl (C=O) groups excluding carboxylic acids is 1. The molecule has 0 rings (SSSR count). The lowest BCUT2D eigenvalue weighted by Crippen LogP contribution is -2.02. The largest absolute Gasteiger partial charge is 0.300 e. The van der Waals surface area contributed by atoms with E-state index in [0.29, 0.717) is 5.78 Å². The summed E-state index contributed by atoms with van der Waals surface area (Å²) in [5, 5.41) is 0. The molecule has 0 aromatic carbocycles. The van der Waals surface area contributed by atoms with Gasteiger partial charge in [-0.3, -0.25) is 4.79 Å². The molecule has 0 amide bonds. The van der Waals surface area contributed by atoms with Crippen LogP contribution in [0.3, 0.4) is 0 Å². The van der Waals surface area contributed by atoms with Gasteiger partial charge in [0.15, 0.2) is 0 Å². The Bertz CT molecular complexity index is 495. The molecule has 0 radical (unpaired) electrons. The van der Waals surface area contributed by atoms with Gasteiger partial charge < -0.3 is 0 Å². The van der Waals surface area contributed by atoms with Crippen LogP contribution < -0.4 is 0 Å². The maximum Gasteiger partial charge on any atom is 0.132 e. The smallest absolute Gasteiger partial charge is 0.132 e. The van der Waals surface area contributed by atoms with E-state index in [1.165, 1.54) is 193 Å². The minimum atomic E-state index is 0.532. The molecule has 0 saturated heterocycles. The maximum atomic E-state index is 12.3. The van der Waals surface area contributed by atoms with Gasteiger partial charge in [0, 0.05) is 12.8 Å². The third-order valence-electron chi connectivity index (χ3n) is 9.74. The lowest BCUT2D eigenvalue weighted by Gasteiger charge is -2.17. The Morgan fingerprint density at radius 2 is 0.619 bits per heavy atom. The van der Waals surface area contributed by atoms with Gasteiger partial charge in [0.05, 0.1) is 0 Å². The maximum absolute atomic E-state index is 12.3. The Hall–Kier alpha value is -0.330. The fourth-order valence-corrected chi connectivity index (χ4v) is 6.74. The monoisotopic (exact) mass is 591 g/mol. The Labute approximate surface area is 267 Å². The first kappa shape index (κ1) is 41.7. The molecular weight excluding hydrogens is 508 g/mol. The molecule has 0 aromatic heterocycles. The zero-order valence-corrected chi connectivity index (χ0v) is 30.1. The standard InChI is InChI=1S/C41H82O/c1-5-7-9-21-28-34-40(35-29-22-10-8-6-2)36-30-24-19-20-26-32-38-41(42)37-31-25-18-16-14-12-11-13-15-17-23-27-33-39(3)4/h39-40H,5-38H2,1-4H3.